The fourth-order valence-electron chi connectivity index (χ4n) is 3.43. The van der Waals surface area contributed by atoms with Crippen LogP contribution >= 0.6 is 0 Å². The topological polar surface area (TPSA) is 68.6 Å². The molecule has 130 valence electrons. The van der Waals surface area contributed by atoms with Crippen molar-refractivity contribution in [2.45, 2.75) is 38.8 Å². The van der Waals surface area contributed by atoms with Crippen LogP contribution in [0, 0.1) is 12.8 Å². The van der Waals surface area contributed by atoms with Gasteiger partial charge in [-0.25, -0.2) is 9.97 Å². The van der Waals surface area contributed by atoms with Crippen molar-refractivity contribution in [3.63, 3.8) is 0 Å². The molecule has 3 aromatic rings. The first-order valence-electron chi connectivity index (χ1n) is 8.84. The molecule has 1 aliphatic heterocycles. The number of hydrogen-bond acceptors (Lipinski definition) is 4. The monoisotopic (exact) mass is 337 g/mol. The summed E-state index contributed by atoms with van der Waals surface area (Å²) in [6, 6.07) is 8.45. The number of nitrogens with one attached hydrogen (secondary N) is 1. The van der Waals surface area contributed by atoms with Crippen LogP contribution in [0.15, 0.2) is 43.0 Å². The average Bonchev–Trinajstić information content (AvgIpc) is 3.32. The summed E-state index contributed by atoms with van der Waals surface area (Å²) in [7, 11) is 0. The zero-order valence-corrected chi connectivity index (χ0v) is 14.4. The van der Waals surface area contributed by atoms with E-state index in [2.05, 4.69) is 49.0 Å². The maximum atomic E-state index is 6.02. The Labute approximate surface area is 147 Å². The largest absolute Gasteiger partial charge is 0.374 e. The van der Waals surface area contributed by atoms with E-state index in [9.17, 15) is 0 Å². The third-order valence-electron chi connectivity index (χ3n) is 4.89. The van der Waals surface area contributed by atoms with Gasteiger partial charge < -0.3 is 9.30 Å². The van der Waals surface area contributed by atoms with Crippen molar-refractivity contribution in [3.8, 4) is 11.4 Å². The molecule has 1 aliphatic rings. The van der Waals surface area contributed by atoms with Crippen molar-refractivity contribution in [2.24, 2.45) is 5.92 Å². The van der Waals surface area contributed by atoms with Crippen LogP contribution in [-0.2, 0) is 11.3 Å². The lowest BCUT2D eigenvalue weighted by Crippen LogP contribution is -2.21. The van der Waals surface area contributed by atoms with E-state index in [-0.39, 0.29) is 6.10 Å². The van der Waals surface area contributed by atoms with E-state index in [1.54, 1.807) is 0 Å². The number of aromatic amines is 1. The molecular weight excluding hydrogens is 314 g/mol. The van der Waals surface area contributed by atoms with Crippen LogP contribution in [0.2, 0.25) is 0 Å². The van der Waals surface area contributed by atoms with Gasteiger partial charge in [0.2, 0.25) is 0 Å². The lowest BCUT2D eigenvalue weighted by Gasteiger charge is -2.30. The van der Waals surface area contributed by atoms with Gasteiger partial charge in [0.25, 0.3) is 0 Å². The zero-order valence-electron chi connectivity index (χ0n) is 14.4. The molecule has 3 heterocycles. The van der Waals surface area contributed by atoms with Gasteiger partial charge in [-0.2, -0.15) is 5.10 Å². The van der Waals surface area contributed by atoms with Crippen molar-refractivity contribution >= 4 is 0 Å². The Morgan fingerprint density at radius 3 is 2.88 bits per heavy atom. The van der Waals surface area contributed by atoms with Crippen LogP contribution in [-0.4, -0.2) is 31.3 Å². The number of imidazole rings is 1. The smallest absolute Gasteiger partial charge is 0.181 e. The standard InChI is InChI=1S/C19H23N5O/c1-14-21-19(23-22-14)17-4-2-16(3-5-17)18-12-15(7-11-25-18)6-9-24-10-8-20-13-24/h2-5,8,10,13,15,18H,6-7,9,11-12H2,1H3,(H,21,22,23). The molecule has 0 amide bonds. The van der Waals surface area contributed by atoms with Gasteiger partial charge in [-0.3, -0.25) is 5.10 Å². The molecule has 2 aromatic heterocycles. The molecule has 0 spiro atoms. The number of H-pyrrole nitrogens is 1. The van der Waals surface area contributed by atoms with Gasteiger partial charge >= 0.3 is 0 Å². The predicted octanol–water partition coefficient (Wildman–Crippen LogP) is 3.53. The van der Waals surface area contributed by atoms with E-state index in [0.29, 0.717) is 5.92 Å². The van der Waals surface area contributed by atoms with Crippen LogP contribution in [0.3, 0.4) is 0 Å². The Bertz CT molecular complexity index is 794. The number of rotatable bonds is 5. The van der Waals surface area contributed by atoms with E-state index < -0.39 is 0 Å². The van der Waals surface area contributed by atoms with Gasteiger partial charge in [-0.05, 0) is 37.7 Å². The first-order chi connectivity index (χ1) is 12.3. The normalized spacial score (nSPS) is 20.7. The molecule has 6 nitrogen and oxygen atoms in total. The van der Waals surface area contributed by atoms with Gasteiger partial charge in [0.15, 0.2) is 5.82 Å². The van der Waals surface area contributed by atoms with Crippen LogP contribution in [0.1, 0.15) is 36.8 Å². The molecule has 0 radical (unpaired) electrons. The summed E-state index contributed by atoms with van der Waals surface area (Å²) in [6.07, 6.45) is 9.33. The van der Waals surface area contributed by atoms with Gasteiger partial charge in [0.05, 0.1) is 12.4 Å². The fraction of sp³-hybridized carbons (Fsp3) is 0.421. The molecule has 1 fully saturated rings. The highest BCUT2D eigenvalue weighted by Gasteiger charge is 2.23. The first kappa shape index (κ1) is 16.0. The second-order valence-electron chi connectivity index (χ2n) is 6.71. The maximum Gasteiger partial charge on any atom is 0.181 e. The number of nitrogens with zero attached hydrogens (tertiary/aromatic N) is 4. The second kappa shape index (κ2) is 7.19. The number of benzene rings is 1. The Hall–Kier alpha value is -2.47. The van der Waals surface area contributed by atoms with Gasteiger partial charge in [0, 0.05) is 31.1 Å². The molecule has 2 atom stereocenters. The maximum absolute atomic E-state index is 6.02. The number of aromatic nitrogens is 5. The molecule has 6 heteroatoms. The van der Waals surface area contributed by atoms with Crippen molar-refractivity contribution in [2.75, 3.05) is 6.61 Å². The van der Waals surface area contributed by atoms with Crippen LogP contribution in [0.4, 0.5) is 0 Å². The molecular formula is C19H23N5O. The van der Waals surface area contributed by atoms with E-state index in [4.69, 9.17) is 4.74 Å². The zero-order chi connectivity index (χ0) is 17.1. The van der Waals surface area contributed by atoms with Crippen molar-refractivity contribution in [3.05, 3.63) is 54.4 Å². The average molecular weight is 337 g/mol. The van der Waals surface area contributed by atoms with Crippen LogP contribution in [0.5, 0.6) is 0 Å². The molecule has 0 bridgehead atoms. The van der Waals surface area contributed by atoms with Crippen molar-refractivity contribution < 1.29 is 4.74 Å². The third-order valence-corrected chi connectivity index (χ3v) is 4.89. The minimum Gasteiger partial charge on any atom is -0.374 e. The molecule has 1 aromatic carbocycles. The van der Waals surface area contributed by atoms with Gasteiger partial charge in [0.1, 0.15) is 5.82 Å². The summed E-state index contributed by atoms with van der Waals surface area (Å²) in [5.41, 5.74) is 2.27. The summed E-state index contributed by atoms with van der Waals surface area (Å²) in [4.78, 5) is 8.49. The van der Waals surface area contributed by atoms with E-state index >= 15 is 0 Å². The third kappa shape index (κ3) is 3.79. The lowest BCUT2D eigenvalue weighted by atomic mass is 9.89. The van der Waals surface area contributed by atoms with E-state index in [1.807, 2.05) is 25.6 Å². The van der Waals surface area contributed by atoms with E-state index in [1.165, 1.54) is 12.0 Å². The molecule has 25 heavy (non-hydrogen) atoms. The summed E-state index contributed by atoms with van der Waals surface area (Å²) in [6.45, 7) is 3.77. The van der Waals surface area contributed by atoms with Gasteiger partial charge in [-0.1, -0.05) is 24.3 Å². The Morgan fingerprint density at radius 2 is 2.16 bits per heavy atom. The highest BCUT2D eigenvalue weighted by molar-refractivity contribution is 5.55. The Morgan fingerprint density at radius 1 is 1.28 bits per heavy atom. The van der Waals surface area contributed by atoms with E-state index in [0.717, 1.165) is 43.2 Å². The number of ether oxygens (including phenoxy) is 1. The molecule has 0 aliphatic carbocycles. The summed E-state index contributed by atoms with van der Waals surface area (Å²) < 4.78 is 8.18. The quantitative estimate of drug-likeness (QED) is 0.773. The fourth-order valence-corrected chi connectivity index (χ4v) is 3.43. The Kier molecular flexibility index (Phi) is 4.61. The van der Waals surface area contributed by atoms with Gasteiger partial charge in [-0.15, -0.1) is 0 Å². The summed E-state index contributed by atoms with van der Waals surface area (Å²) in [5, 5.41) is 7.10. The predicted molar refractivity (Wildman–Crippen MR) is 94.8 cm³/mol. The first-order valence-corrected chi connectivity index (χ1v) is 8.84. The minimum absolute atomic E-state index is 0.185. The Balaban J connectivity index is 1.39. The lowest BCUT2D eigenvalue weighted by molar-refractivity contribution is -0.0128. The second-order valence-corrected chi connectivity index (χ2v) is 6.71. The van der Waals surface area contributed by atoms with Crippen LogP contribution in [0.25, 0.3) is 11.4 Å². The number of aryl methyl sites for hydroxylation is 2. The van der Waals surface area contributed by atoms with Crippen molar-refractivity contribution in [1.29, 1.82) is 0 Å². The molecule has 0 saturated carbocycles. The molecule has 2 unspecified atom stereocenters. The molecule has 1 saturated heterocycles. The highest BCUT2D eigenvalue weighted by atomic mass is 16.5. The number of hydrogen-bond donors (Lipinski definition) is 1. The van der Waals surface area contributed by atoms with Crippen LogP contribution < -0.4 is 0 Å². The summed E-state index contributed by atoms with van der Waals surface area (Å²) >= 11 is 0. The minimum atomic E-state index is 0.185. The molecule has 4 rings (SSSR count). The van der Waals surface area contributed by atoms with Crippen molar-refractivity contribution in [1.82, 2.24) is 24.7 Å². The molecule has 1 N–H and O–H groups in total. The highest BCUT2D eigenvalue weighted by Crippen LogP contribution is 2.34. The SMILES string of the molecule is Cc1nc(-c2ccc(C3CC(CCn4ccnc4)CCO3)cc2)n[nH]1. The summed E-state index contributed by atoms with van der Waals surface area (Å²) in [5.74, 6) is 2.26.